The van der Waals surface area contributed by atoms with Gasteiger partial charge in [-0.05, 0) is 24.1 Å². The average molecular weight is 293 g/mol. The molecule has 0 aliphatic carbocycles. The van der Waals surface area contributed by atoms with Gasteiger partial charge in [0.25, 0.3) is 0 Å². The Bertz CT molecular complexity index is 495. The van der Waals surface area contributed by atoms with Gasteiger partial charge in [-0.3, -0.25) is 0 Å². The molecule has 4 nitrogen and oxygen atoms in total. The molecule has 1 aromatic rings. The highest BCUT2D eigenvalue weighted by molar-refractivity contribution is 7.90. The largest absolute Gasteiger partial charge is 0.395 e. The minimum absolute atomic E-state index is 0.0966. The third-order valence-electron chi connectivity index (χ3n) is 2.99. The van der Waals surface area contributed by atoms with Crippen LogP contribution in [0.4, 0.5) is 0 Å². The van der Waals surface area contributed by atoms with Crippen LogP contribution in [0.3, 0.4) is 0 Å². The first-order valence-electron chi connectivity index (χ1n) is 5.48. The number of halogens is 1. The van der Waals surface area contributed by atoms with E-state index in [1.807, 2.05) is 0 Å². The monoisotopic (exact) mass is 292 g/mol. The van der Waals surface area contributed by atoms with Gasteiger partial charge in [0.2, 0.25) is 0 Å². The number of hydrogen-bond acceptors (Lipinski definition) is 4. The van der Waals surface area contributed by atoms with E-state index in [0.717, 1.165) is 6.26 Å². The zero-order chi connectivity index (χ0) is 13.8. The maximum absolute atomic E-state index is 11.2. The Labute approximate surface area is 112 Å². The molecule has 0 spiro atoms. The fourth-order valence-electron chi connectivity index (χ4n) is 1.73. The molecule has 18 heavy (non-hydrogen) atoms. The summed E-state index contributed by atoms with van der Waals surface area (Å²) in [5.41, 5.74) is -0.336. The maximum atomic E-state index is 11.2. The maximum Gasteiger partial charge on any atom is 0.147 e. The van der Waals surface area contributed by atoms with Crippen LogP contribution in [-0.2, 0) is 15.3 Å². The molecule has 0 saturated heterocycles. The van der Waals surface area contributed by atoms with Crippen LogP contribution in [0.2, 0.25) is 5.02 Å². The molecule has 0 unspecified atom stereocenters. The van der Waals surface area contributed by atoms with Gasteiger partial charge in [0.05, 0.1) is 19.0 Å². The summed E-state index contributed by atoms with van der Waals surface area (Å²) in [5.74, 6) is -0.0966. The van der Waals surface area contributed by atoms with Crippen molar-refractivity contribution < 1.29 is 18.6 Å². The van der Waals surface area contributed by atoms with Crippen molar-refractivity contribution in [1.82, 2.24) is 0 Å². The van der Waals surface area contributed by atoms with E-state index in [0.29, 0.717) is 10.6 Å². The van der Waals surface area contributed by atoms with Crippen molar-refractivity contribution in [2.24, 2.45) is 0 Å². The van der Waals surface area contributed by atoms with Gasteiger partial charge in [-0.1, -0.05) is 23.7 Å². The van der Waals surface area contributed by atoms with Crippen molar-refractivity contribution in [3.63, 3.8) is 0 Å². The zero-order valence-electron chi connectivity index (χ0n) is 10.1. The lowest BCUT2D eigenvalue weighted by Gasteiger charge is -2.30. The molecule has 1 aromatic carbocycles. The second-order valence-electron chi connectivity index (χ2n) is 4.49. The number of sulfone groups is 1. The third-order valence-corrected chi connectivity index (χ3v) is 4.17. The van der Waals surface area contributed by atoms with Crippen LogP contribution in [0.25, 0.3) is 0 Å². The average Bonchev–Trinajstić information content (AvgIpc) is 2.30. The normalized spacial score (nSPS) is 12.7. The van der Waals surface area contributed by atoms with Gasteiger partial charge in [-0.2, -0.15) is 0 Å². The van der Waals surface area contributed by atoms with Gasteiger partial charge < -0.3 is 10.2 Å². The van der Waals surface area contributed by atoms with Crippen LogP contribution in [0.15, 0.2) is 24.3 Å². The number of aliphatic hydroxyl groups is 2. The third kappa shape index (κ3) is 3.95. The van der Waals surface area contributed by atoms with E-state index in [9.17, 15) is 18.6 Å². The van der Waals surface area contributed by atoms with Crippen molar-refractivity contribution in [2.45, 2.75) is 11.8 Å². The first-order chi connectivity index (χ1) is 8.33. The quantitative estimate of drug-likeness (QED) is 0.820. The zero-order valence-corrected chi connectivity index (χ0v) is 11.7. The predicted octanol–water partition coefficient (Wildman–Crippen LogP) is 0.997. The SMILES string of the molecule is CS(=O)(=O)CCC(CO)(CO)c1cccc(Cl)c1. The Morgan fingerprint density at radius 3 is 2.33 bits per heavy atom. The second-order valence-corrected chi connectivity index (χ2v) is 7.18. The Morgan fingerprint density at radius 2 is 1.89 bits per heavy atom. The smallest absolute Gasteiger partial charge is 0.147 e. The van der Waals surface area contributed by atoms with Gasteiger partial charge in [0.1, 0.15) is 9.84 Å². The number of aliphatic hydroxyl groups excluding tert-OH is 2. The molecule has 0 aromatic heterocycles. The van der Waals surface area contributed by atoms with Crippen molar-refractivity contribution in [3.05, 3.63) is 34.9 Å². The molecule has 2 N–H and O–H groups in total. The summed E-state index contributed by atoms with van der Waals surface area (Å²) < 4.78 is 22.4. The van der Waals surface area contributed by atoms with Crippen LogP contribution >= 0.6 is 11.6 Å². The summed E-state index contributed by atoms with van der Waals surface area (Å²) >= 11 is 5.87. The summed E-state index contributed by atoms with van der Waals surface area (Å²) in [4.78, 5) is 0. The van der Waals surface area contributed by atoms with Crippen molar-refractivity contribution >= 4 is 21.4 Å². The molecular weight excluding hydrogens is 276 g/mol. The fourth-order valence-corrected chi connectivity index (χ4v) is 2.69. The molecular formula is C12H17ClO4S. The van der Waals surface area contributed by atoms with E-state index in [1.165, 1.54) is 0 Å². The highest BCUT2D eigenvalue weighted by Gasteiger charge is 2.32. The molecule has 0 fully saturated rings. The molecule has 0 radical (unpaired) electrons. The summed E-state index contributed by atoms with van der Waals surface area (Å²) in [6.07, 6.45) is 1.28. The molecule has 102 valence electrons. The van der Waals surface area contributed by atoms with Gasteiger partial charge in [-0.25, -0.2) is 8.42 Å². The Hall–Kier alpha value is -0.620. The lowest BCUT2D eigenvalue weighted by Crippen LogP contribution is -2.36. The van der Waals surface area contributed by atoms with Crippen molar-refractivity contribution in [2.75, 3.05) is 25.2 Å². The van der Waals surface area contributed by atoms with E-state index in [2.05, 4.69) is 0 Å². The van der Waals surface area contributed by atoms with E-state index in [4.69, 9.17) is 11.6 Å². The fraction of sp³-hybridized carbons (Fsp3) is 0.500. The highest BCUT2D eigenvalue weighted by atomic mass is 35.5. The summed E-state index contributed by atoms with van der Waals surface area (Å²) in [5, 5.41) is 19.5. The Balaban J connectivity index is 3.07. The summed E-state index contributed by atoms with van der Waals surface area (Å²) in [6.45, 7) is -0.668. The Kier molecular flexibility index (Phi) is 5.16. The van der Waals surface area contributed by atoms with Crippen LogP contribution in [0, 0.1) is 0 Å². The topological polar surface area (TPSA) is 74.6 Å². The van der Waals surface area contributed by atoms with Crippen molar-refractivity contribution in [1.29, 1.82) is 0 Å². The van der Waals surface area contributed by atoms with Gasteiger partial charge >= 0.3 is 0 Å². The van der Waals surface area contributed by atoms with E-state index in [-0.39, 0.29) is 25.4 Å². The molecule has 1 rings (SSSR count). The summed E-state index contributed by atoms with van der Waals surface area (Å²) in [7, 11) is -3.15. The van der Waals surface area contributed by atoms with Crippen LogP contribution in [-0.4, -0.2) is 43.9 Å². The molecule has 0 atom stereocenters. The minimum Gasteiger partial charge on any atom is -0.395 e. The van der Waals surface area contributed by atoms with Gasteiger partial charge in [0, 0.05) is 16.7 Å². The van der Waals surface area contributed by atoms with E-state index >= 15 is 0 Å². The lowest BCUT2D eigenvalue weighted by molar-refractivity contribution is 0.114. The van der Waals surface area contributed by atoms with Gasteiger partial charge in [0.15, 0.2) is 0 Å². The lowest BCUT2D eigenvalue weighted by atomic mass is 9.79. The standard InChI is InChI=1S/C12H17ClO4S/c1-18(16,17)6-5-12(8-14,9-15)10-3-2-4-11(13)7-10/h2-4,7,14-15H,5-6,8-9H2,1H3. The molecule has 0 bridgehead atoms. The molecule has 6 heteroatoms. The Morgan fingerprint density at radius 1 is 1.28 bits per heavy atom. The molecule has 0 aliphatic heterocycles. The highest BCUT2D eigenvalue weighted by Crippen LogP contribution is 2.29. The number of benzene rings is 1. The second kappa shape index (κ2) is 6.02. The van der Waals surface area contributed by atoms with Crippen LogP contribution < -0.4 is 0 Å². The minimum atomic E-state index is -3.15. The summed E-state index contributed by atoms with van der Waals surface area (Å²) in [6, 6.07) is 6.75. The number of rotatable bonds is 6. The van der Waals surface area contributed by atoms with Crippen LogP contribution in [0.1, 0.15) is 12.0 Å². The molecule has 0 saturated carbocycles. The molecule has 0 heterocycles. The van der Waals surface area contributed by atoms with Crippen LogP contribution in [0.5, 0.6) is 0 Å². The van der Waals surface area contributed by atoms with E-state index < -0.39 is 15.3 Å². The van der Waals surface area contributed by atoms with Crippen molar-refractivity contribution in [3.8, 4) is 0 Å². The molecule has 0 aliphatic rings. The van der Waals surface area contributed by atoms with Gasteiger partial charge in [-0.15, -0.1) is 0 Å². The predicted molar refractivity (Wildman–Crippen MR) is 71.6 cm³/mol. The molecule has 0 amide bonds. The first kappa shape index (κ1) is 15.4. The first-order valence-corrected chi connectivity index (χ1v) is 7.92. The number of hydrogen-bond donors (Lipinski definition) is 2. The van der Waals surface area contributed by atoms with E-state index in [1.54, 1.807) is 24.3 Å².